The Kier molecular flexibility index (Phi) is 11.9. The van der Waals surface area contributed by atoms with Crippen molar-refractivity contribution in [1.29, 1.82) is 0 Å². The maximum atomic E-state index is 12.4. The zero-order valence-electron chi connectivity index (χ0n) is 23.2. The number of aromatic nitrogens is 1. The molecule has 0 atom stereocenters. The molecule has 1 heterocycles. The van der Waals surface area contributed by atoms with Gasteiger partial charge in [0.2, 0.25) is 5.91 Å². The summed E-state index contributed by atoms with van der Waals surface area (Å²) in [6, 6.07) is 20.9. The number of rotatable bonds is 13. The van der Waals surface area contributed by atoms with Gasteiger partial charge in [0.25, 0.3) is 0 Å². The fourth-order valence-corrected chi connectivity index (χ4v) is 4.27. The molecule has 0 unspecified atom stereocenters. The van der Waals surface area contributed by atoms with Crippen molar-refractivity contribution in [1.82, 2.24) is 15.6 Å². The molecule has 0 saturated carbocycles. The molecule has 3 aromatic rings. The van der Waals surface area contributed by atoms with E-state index in [-0.39, 0.29) is 11.7 Å². The van der Waals surface area contributed by atoms with E-state index in [1.807, 2.05) is 42.5 Å². The van der Waals surface area contributed by atoms with E-state index in [1.165, 1.54) is 11.6 Å². The van der Waals surface area contributed by atoms with Gasteiger partial charge in [-0.3, -0.25) is 4.79 Å². The van der Waals surface area contributed by atoms with Crippen LogP contribution in [0.2, 0.25) is 0 Å². The summed E-state index contributed by atoms with van der Waals surface area (Å²) in [5.41, 5.74) is 2.03. The third-order valence-corrected chi connectivity index (χ3v) is 6.42. The van der Waals surface area contributed by atoms with E-state index in [0.29, 0.717) is 43.3 Å². The van der Waals surface area contributed by atoms with E-state index in [1.54, 1.807) is 50.7 Å². The largest absolute Gasteiger partial charge is 0.508 e. The number of ether oxygens (including phenoxy) is 2. The van der Waals surface area contributed by atoms with Crippen LogP contribution in [-0.4, -0.2) is 47.4 Å². The van der Waals surface area contributed by atoms with Gasteiger partial charge in [-0.15, -0.1) is 11.8 Å². The van der Waals surface area contributed by atoms with Crippen molar-refractivity contribution < 1.29 is 24.2 Å². The number of nitrogens with one attached hydrogen (secondary N) is 2. The van der Waals surface area contributed by atoms with Crippen LogP contribution < -0.4 is 15.4 Å². The third kappa shape index (κ3) is 11.8. The molecular formula is C31H37N3O5S. The molecule has 0 spiro atoms. The third-order valence-electron chi connectivity index (χ3n) is 5.37. The molecule has 2 amide bonds. The Morgan fingerprint density at radius 2 is 1.70 bits per heavy atom. The Balaban J connectivity index is 1.56. The maximum absolute atomic E-state index is 12.4. The molecule has 0 aliphatic rings. The molecule has 0 saturated heterocycles. The lowest BCUT2D eigenvalue weighted by atomic mass is 10.2. The number of nitrogens with zero attached hydrogens (tertiary/aromatic N) is 1. The van der Waals surface area contributed by atoms with Crippen molar-refractivity contribution in [3.63, 3.8) is 0 Å². The first-order chi connectivity index (χ1) is 19.2. The number of hydrogen-bond donors (Lipinski definition) is 3. The zero-order valence-corrected chi connectivity index (χ0v) is 24.0. The van der Waals surface area contributed by atoms with E-state index < -0.39 is 11.7 Å². The molecule has 3 N–H and O–H groups in total. The monoisotopic (exact) mass is 563 g/mol. The second-order valence-corrected chi connectivity index (χ2v) is 11.0. The van der Waals surface area contributed by atoms with Crippen molar-refractivity contribution in [3.05, 3.63) is 89.8 Å². The zero-order chi connectivity index (χ0) is 28.8. The lowest BCUT2D eigenvalue weighted by molar-refractivity contribution is -0.116. The minimum Gasteiger partial charge on any atom is -0.508 e. The second-order valence-electron chi connectivity index (χ2n) is 9.96. The van der Waals surface area contributed by atoms with Crippen molar-refractivity contribution in [2.24, 2.45) is 0 Å². The predicted molar refractivity (Wildman–Crippen MR) is 158 cm³/mol. The number of hydrogen-bond acceptors (Lipinski definition) is 7. The SMILES string of the molecule is CC(C)(C)OC(=O)NCCCNC(=O)C=Cc1nc(CSc2ccc(O)cc2)ccc1OCCc1ccccc1. The highest BCUT2D eigenvalue weighted by Gasteiger charge is 2.15. The average Bonchev–Trinajstić information content (AvgIpc) is 2.92. The molecule has 40 heavy (non-hydrogen) atoms. The topological polar surface area (TPSA) is 110 Å². The summed E-state index contributed by atoms with van der Waals surface area (Å²) in [5, 5.41) is 15.0. The molecule has 1 aromatic heterocycles. The van der Waals surface area contributed by atoms with Crippen molar-refractivity contribution in [3.8, 4) is 11.5 Å². The van der Waals surface area contributed by atoms with E-state index in [4.69, 9.17) is 14.5 Å². The van der Waals surface area contributed by atoms with Gasteiger partial charge in [0.05, 0.1) is 12.3 Å². The van der Waals surface area contributed by atoms with Gasteiger partial charge in [-0.05, 0) is 75.2 Å². The van der Waals surface area contributed by atoms with E-state index >= 15 is 0 Å². The summed E-state index contributed by atoms with van der Waals surface area (Å²) < 4.78 is 11.2. The first kappa shape index (κ1) is 30.6. The molecule has 9 heteroatoms. The summed E-state index contributed by atoms with van der Waals surface area (Å²) in [5.74, 6) is 1.18. The number of phenols is 1. The van der Waals surface area contributed by atoms with Crippen molar-refractivity contribution in [2.45, 2.75) is 49.9 Å². The number of pyridine rings is 1. The molecular weight excluding hydrogens is 526 g/mol. The lowest BCUT2D eigenvalue weighted by Crippen LogP contribution is -2.34. The number of benzene rings is 2. The summed E-state index contributed by atoms with van der Waals surface area (Å²) in [7, 11) is 0. The van der Waals surface area contributed by atoms with Gasteiger partial charge in [0.15, 0.2) is 0 Å². The first-order valence-electron chi connectivity index (χ1n) is 13.2. The Morgan fingerprint density at radius 1 is 0.975 bits per heavy atom. The second kappa shape index (κ2) is 15.6. The Morgan fingerprint density at radius 3 is 2.42 bits per heavy atom. The molecule has 8 nitrogen and oxygen atoms in total. The van der Waals surface area contributed by atoms with Gasteiger partial charge in [-0.1, -0.05) is 30.3 Å². The van der Waals surface area contributed by atoms with E-state index in [0.717, 1.165) is 17.0 Å². The number of aromatic hydroxyl groups is 1. The highest BCUT2D eigenvalue weighted by molar-refractivity contribution is 7.98. The number of thioether (sulfide) groups is 1. The van der Waals surface area contributed by atoms with Crippen LogP contribution in [0.4, 0.5) is 4.79 Å². The van der Waals surface area contributed by atoms with Gasteiger partial charge in [-0.25, -0.2) is 9.78 Å². The standard InChI is InChI=1S/C31H37N3O5S/c1-31(2,3)39-30(37)33-20-7-19-32-29(36)17-15-27-28(38-21-18-23-8-5-4-6-9-23)16-10-24(34-27)22-40-26-13-11-25(35)12-14-26/h4-6,8-17,35H,7,18-22H2,1-3H3,(H,32,36)(H,33,37). The van der Waals surface area contributed by atoms with Crippen LogP contribution in [0.1, 0.15) is 44.1 Å². The fourth-order valence-electron chi connectivity index (χ4n) is 3.47. The molecule has 0 radical (unpaired) electrons. The number of phenolic OH excluding ortho intramolecular Hbond substituents is 1. The number of carbonyl (C=O) groups excluding carboxylic acids is 2. The van der Waals surface area contributed by atoms with Crippen LogP contribution in [0.5, 0.6) is 11.5 Å². The Bertz CT molecular complexity index is 1260. The molecule has 0 aliphatic heterocycles. The summed E-state index contributed by atoms with van der Waals surface area (Å²) in [6.45, 7) is 6.68. The molecule has 0 fully saturated rings. The van der Waals surface area contributed by atoms with Gasteiger partial charge < -0.3 is 25.2 Å². The van der Waals surface area contributed by atoms with Crippen LogP contribution in [0, 0.1) is 0 Å². The predicted octanol–water partition coefficient (Wildman–Crippen LogP) is 5.75. The van der Waals surface area contributed by atoms with Crippen molar-refractivity contribution >= 4 is 29.8 Å². The number of alkyl carbamates (subject to hydrolysis) is 1. The highest BCUT2D eigenvalue weighted by atomic mass is 32.2. The van der Waals surface area contributed by atoms with Crippen LogP contribution in [0.3, 0.4) is 0 Å². The minimum absolute atomic E-state index is 0.226. The minimum atomic E-state index is -0.553. The number of amides is 2. The highest BCUT2D eigenvalue weighted by Crippen LogP contribution is 2.26. The quantitative estimate of drug-likeness (QED) is 0.138. The molecule has 0 aliphatic carbocycles. The normalized spacial score (nSPS) is 11.3. The fraction of sp³-hybridized carbons (Fsp3) is 0.323. The molecule has 3 rings (SSSR count). The van der Waals surface area contributed by atoms with Crippen LogP contribution >= 0.6 is 11.8 Å². The Labute approximate surface area is 240 Å². The van der Waals surface area contributed by atoms with Crippen LogP contribution in [0.15, 0.2) is 77.7 Å². The maximum Gasteiger partial charge on any atom is 0.407 e. The lowest BCUT2D eigenvalue weighted by Gasteiger charge is -2.19. The van der Waals surface area contributed by atoms with Gasteiger partial charge in [0.1, 0.15) is 22.8 Å². The summed E-state index contributed by atoms with van der Waals surface area (Å²) >= 11 is 1.60. The Hall–Kier alpha value is -3.98. The van der Waals surface area contributed by atoms with Crippen LogP contribution in [-0.2, 0) is 21.7 Å². The number of carbonyl (C=O) groups is 2. The van der Waals surface area contributed by atoms with Crippen molar-refractivity contribution in [2.75, 3.05) is 19.7 Å². The summed E-state index contributed by atoms with van der Waals surface area (Å²) in [6.07, 6.45) is 3.92. The average molecular weight is 564 g/mol. The van der Waals surface area contributed by atoms with Gasteiger partial charge in [0, 0.05) is 36.2 Å². The molecule has 0 bridgehead atoms. The summed E-state index contributed by atoms with van der Waals surface area (Å²) in [4.78, 5) is 29.9. The van der Waals surface area contributed by atoms with Gasteiger partial charge >= 0.3 is 6.09 Å². The van der Waals surface area contributed by atoms with E-state index in [2.05, 4.69) is 22.8 Å². The van der Waals surface area contributed by atoms with Gasteiger partial charge in [-0.2, -0.15) is 0 Å². The molecule has 212 valence electrons. The first-order valence-corrected chi connectivity index (χ1v) is 14.2. The van der Waals surface area contributed by atoms with Crippen LogP contribution in [0.25, 0.3) is 6.08 Å². The smallest absolute Gasteiger partial charge is 0.407 e. The molecule has 2 aromatic carbocycles. The van der Waals surface area contributed by atoms with E-state index in [9.17, 15) is 14.7 Å².